The van der Waals surface area contributed by atoms with Crippen molar-refractivity contribution in [3.8, 4) is 5.75 Å². The largest absolute Gasteiger partial charge is 0.381 e. The van der Waals surface area contributed by atoms with Gasteiger partial charge in [-0.1, -0.05) is 51.2 Å². The molecule has 150 valence electrons. The fraction of sp³-hybridized carbons (Fsp3) is 0.700. The van der Waals surface area contributed by atoms with Crippen molar-refractivity contribution in [3.05, 3.63) is 29.8 Å². The van der Waals surface area contributed by atoms with Crippen molar-refractivity contribution in [2.45, 2.75) is 84.4 Å². The maximum absolute atomic E-state index is 12.2. The molecule has 6 heteroatoms. The molecule has 0 fully saturated rings. The highest BCUT2D eigenvalue weighted by molar-refractivity contribution is 7.87. The number of hydrogen-bond donors (Lipinski definition) is 0. The molecule has 0 aliphatic heterocycles. The second-order valence-electron chi connectivity index (χ2n) is 6.46. The third kappa shape index (κ3) is 9.01. The minimum atomic E-state index is -3.87. The zero-order chi connectivity index (χ0) is 19.4. The first kappa shape index (κ1) is 22.9. The Hall–Kier alpha value is -1.11. The van der Waals surface area contributed by atoms with Crippen molar-refractivity contribution in [2.75, 3.05) is 6.61 Å². The van der Waals surface area contributed by atoms with Crippen molar-refractivity contribution in [3.63, 3.8) is 0 Å². The number of rotatable bonds is 14. The van der Waals surface area contributed by atoms with Gasteiger partial charge in [0, 0.05) is 6.61 Å². The molecule has 26 heavy (non-hydrogen) atoms. The Labute approximate surface area is 159 Å². The molecule has 0 amide bonds. The molecule has 0 spiro atoms. The van der Waals surface area contributed by atoms with Crippen LogP contribution in [0.3, 0.4) is 0 Å². The molecule has 0 radical (unpaired) electrons. The zero-order valence-corrected chi connectivity index (χ0v) is 17.4. The summed E-state index contributed by atoms with van der Waals surface area (Å²) in [5.74, 6) is 0.302. The summed E-state index contributed by atoms with van der Waals surface area (Å²) in [4.78, 5) is 0. The Bertz CT molecular complexity index is 583. The summed E-state index contributed by atoms with van der Waals surface area (Å²) in [5, 5.41) is 0. The fourth-order valence-electron chi connectivity index (χ4n) is 2.63. The van der Waals surface area contributed by atoms with Crippen LogP contribution < -0.4 is 4.18 Å². The van der Waals surface area contributed by atoms with Crippen LogP contribution in [-0.4, -0.2) is 26.8 Å². The quantitative estimate of drug-likeness (QED) is 0.254. The zero-order valence-electron chi connectivity index (χ0n) is 16.6. The number of unbranched alkanes of at least 4 members (excludes halogenated alkanes) is 5. The van der Waals surface area contributed by atoms with E-state index in [1.165, 1.54) is 44.6 Å². The Balaban J connectivity index is 2.45. The average molecular weight is 387 g/mol. The van der Waals surface area contributed by atoms with E-state index in [0.29, 0.717) is 12.4 Å². The van der Waals surface area contributed by atoms with E-state index in [1.807, 2.05) is 19.1 Å². The van der Waals surface area contributed by atoms with Gasteiger partial charge in [-0.05, 0) is 51.3 Å². The normalized spacial score (nSPS) is 14.2. The van der Waals surface area contributed by atoms with Gasteiger partial charge in [0.15, 0.2) is 11.7 Å². The molecule has 5 nitrogen and oxygen atoms in total. The SMILES string of the molecule is CCCCCCCCc1ccc(OS(=O)(=O)C(C)OC(C)OCC)cc1. The number of ether oxygens (including phenoxy) is 2. The average Bonchev–Trinajstić information content (AvgIpc) is 2.59. The lowest BCUT2D eigenvalue weighted by Gasteiger charge is -2.19. The third-order valence-corrected chi connectivity index (χ3v) is 5.49. The predicted octanol–water partition coefficient (Wildman–Crippen LogP) is 5.04. The first-order valence-corrected chi connectivity index (χ1v) is 11.2. The molecule has 0 heterocycles. The van der Waals surface area contributed by atoms with Crippen LogP contribution in [0.15, 0.2) is 24.3 Å². The molecule has 1 aromatic carbocycles. The van der Waals surface area contributed by atoms with Crippen LogP contribution in [0.5, 0.6) is 5.75 Å². The van der Waals surface area contributed by atoms with Gasteiger partial charge >= 0.3 is 10.1 Å². The number of aryl methyl sites for hydroxylation is 1. The number of hydrogen-bond acceptors (Lipinski definition) is 5. The van der Waals surface area contributed by atoms with Gasteiger partial charge < -0.3 is 13.7 Å². The van der Waals surface area contributed by atoms with E-state index in [1.54, 1.807) is 19.1 Å². The summed E-state index contributed by atoms with van der Waals surface area (Å²) < 4.78 is 40.1. The molecule has 0 aliphatic rings. The maximum atomic E-state index is 12.2. The van der Waals surface area contributed by atoms with Gasteiger partial charge in [0.1, 0.15) is 5.75 Å². The first-order valence-electron chi connectivity index (χ1n) is 9.68. The molecular weight excluding hydrogens is 352 g/mol. The van der Waals surface area contributed by atoms with Gasteiger partial charge in [-0.25, -0.2) is 0 Å². The van der Waals surface area contributed by atoms with E-state index in [9.17, 15) is 8.42 Å². The lowest BCUT2D eigenvalue weighted by molar-refractivity contribution is -0.135. The first-order chi connectivity index (χ1) is 12.4. The maximum Gasteiger partial charge on any atom is 0.336 e. The third-order valence-electron chi connectivity index (χ3n) is 4.15. The molecule has 1 aromatic rings. The second kappa shape index (κ2) is 12.3. The Morgan fingerprint density at radius 3 is 2.15 bits per heavy atom. The van der Waals surface area contributed by atoms with E-state index in [2.05, 4.69) is 6.92 Å². The summed E-state index contributed by atoms with van der Waals surface area (Å²) in [5.41, 5.74) is 0.0892. The van der Waals surface area contributed by atoms with Crippen LogP contribution in [0.4, 0.5) is 0 Å². The minimum absolute atomic E-state index is 0.302. The molecule has 0 N–H and O–H groups in total. The topological polar surface area (TPSA) is 61.8 Å². The monoisotopic (exact) mass is 386 g/mol. The van der Waals surface area contributed by atoms with Gasteiger partial charge in [-0.15, -0.1) is 0 Å². The van der Waals surface area contributed by atoms with Crippen molar-refractivity contribution in [1.82, 2.24) is 0 Å². The van der Waals surface area contributed by atoms with Gasteiger partial charge in [-0.2, -0.15) is 8.42 Å². The highest BCUT2D eigenvalue weighted by Crippen LogP contribution is 2.19. The summed E-state index contributed by atoms with van der Waals surface area (Å²) in [6, 6.07) is 7.24. The standard InChI is InChI=1S/C20H34O5S/c1-5-7-8-9-10-11-12-19-13-15-20(16-14-19)25-26(21,22)18(4)24-17(3)23-6-2/h13-18H,5-12H2,1-4H3. The molecule has 0 aliphatic carbocycles. The van der Waals surface area contributed by atoms with Crippen LogP contribution in [-0.2, 0) is 26.0 Å². The van der Waals surface area contributed by atoms with E-state index in [4.69, 9.17) is 13.7 Å². The Kier molecular flexibility index (Phi) is 10.9. The van der Waals surface area contributed by atoms with E-state index < -0.39 is 21.8 Å². The molecular formula is C20H34O5S. The molecule has 0 saturated heterocycles. The van der Waals surface area contributed by atoms with Crippen LogP contribution in [0.2, 0.25) is 0 Å². The van der Waals surface area contributed by atoms with Crippen molar-refractivity contribution in [1.29, 1.82) is 0 Å². The second-order valence-corrected chi connectivity index (χ2v) is 8.28. The summed E-state index contributed by atoms with van der Waals surface area (Å²) >= 11 is 0. The summed E-state index contributed by atoms with van der Waals surface area (Å²) in [6.45, 7) is 7.59. The number of benzene rings is 1. The summed E-state index contributed by atoms with van der Waals surface area (Å²) in [6.07, 6.45) is 7.96. The molecule has 0 aromatic heterocycles. The van der Waals surface area contributed by atoms with Crippen LogP contribution in [0.25, 0.3) is 0 Å². The lowest BCUT2D eigenvalue weighted by atomic mass is 10.1. The fourth-order valence-corrected chi connectivity index (χ4v) is 3.44. The smallest absolute Gasteiger partial charge is 0.336 e. The molecule has 1 rings (SSSR count). The molecule has 0 bridgehead atoms. The van der Waals surface area contributed by atoms with Crippen molar-refractivity contribution >= 4 is 10.1 Å². The van der Waals surface area contributed by atoms with Crippen LogP contribution in [0, 0.1) is 0 Å². The van der Waals surface area contributed by atoms with E-state index in [0.717, 1.165) is 12.8 Å². The van der Waals surface area contributed by atoms with Crippen LogP contribution >= 0.6 is 0 Å². The minimum Gasteiger partial charge on any atom is -0.381 e. The lowest BCUT2D eigenvalue weighted by Crippen LogP contribution is -2.30. The van der Waals surface area contributed by atoms with Crippen molar-refractivity contribution < 1.29 is 22.1 Å². The molecule has 2 atom stereocenters. The highest BCUT2D eigenvalue weighted by atomic mass is 32.2. The molecule has 2 unspecified atom stereocenters. The highest BCUT2D eigenvalue weighted by Gasteiger charge is 2.26. The Morgan fingerprint density at radius 1 is 0.923 bits per heavy atom. The van der Waals surface area contributed by atoms with Gasteiger partial charge in [0.2, 0.25) is 0 Å². The van der Waals surface area contributed by atoms with Crippen molar-refractivity contribution in [2.24, 2.45) is 0 Å². The van der Waals surface area contributed by atoms with E-state index in [-0.39, 0.29) is 0 Å². The summed E-state index contributed by atoms with van der Waals surface area (Å²) in [7, 11) is -3.87. The van der Waals surface area contributed by atoms with Gasteiger partial charge in [0.05, 0.1) is 0 Å². The Morgan fingerprint density at radius 2 is 1.54 bits per heavy atom. The van der Waals surface area contributed by atoms with Gasteiger partial charge in [0.25, 0.3) is 0 Å². The predicted molar refractivity (Wildman–Crippen MR) is 105 cm³/mol. The molecule has 0 saturated carbocycles. The van der Waals surface area contributed by atoms with Gasteiger partial charge in [-0.3, -0.25) is 0 Å². The van der Waals surface area contributed by atoms with Crippen LogP contribution in [0.1, 0.15) is 71.8 Å². The van der Waals surface area contributed by atoms with E-state index >= 15 is 0 Å².